The molecule has 0 amide bonds. The van der Waals surface area contributed by atoms with Gasteiger partial charge in [-0.3, -0.25) is 4.40 Å². The van der Waals surface area contributed by atoms with E-state index in [4.69, 9.17) is 0 Å². The molecule has 0 fully saturated rings. The van der Waals surface area contributed by atoms with Crippen LogP contribution in [0.25, 0.3) is 28.0 Å². The van der Waals surface area contributed by atoms with E-state index in [-0.39, 0.29) is 0 Å². The monoisotopic (exact) mass is 309 g/mol. The number of aryl methyl sites for hydroxylation is 1. The highest BCUT2D eigenvalue weighted by molar-refractivity contribution is 5.73. The Labute approximate surface area is 140 Å². The lowest BCUT2D eigenvalue weighted by atomic mass is 10.0. The minimum Gasteiger partial charge on any atom is -0.291 e. The zero-order chi connectivity index (χ0) is 16.5. The highest BCUT2D eigenvalue weighted by Crippen LogP contribution is 2.27. The molecule has 0 radical (unpaired) electrons. The average molecular weight is 309 g/mol. The fourth-order valence-corrected chi connectivity index (χ4v) is 2.91. The molecule has 2 aromatic heterocycles. The molecule has 0 aliphatic heterocycles. The highest BCUT2D eigenvalue weighted by Gasteiger charge is 2.13. The van der Waals surface area contributed by atoms with Gasteiger partial charge in [-0.05, 0) is 35.7 Å². The maximum absolute atomic E-state index is 9.56. The van der Waals surface area contributed by atoms with E-state index in [0.717, 1.165) is 28.0 Å². The van der Waals surface area contributed by atoms with Crippen LogP contribution in [0.2, 0.25) is 0 Å². The number of rotatable bonds is 2. The molecule has 2 heterocycles. The first-order valence-corrected chi connectivity index (χ1v) is 7.81. The van der Waals surface area contributed by atoms with Crippen LogP contribution >= 0.6 is 0 Å². The molecule has 0 bridgehead atoms. The van der Waals surface area contributed by atoms with Gasteiger partial charge in [0, 0.05) is 11.8 Å². The van der Waals surface area contributed by atoms with Crippen molar-refractivity contribution < 1.29 is 0 Å². The molecule has 0 aliphatic rings. The number of imidazole rings is 1. The number of fused-ring (bicyclic) bond motifs is 1. The van der Waals surface area contributed by atoms with Crippen molar-refractivity contribution in [2.45, 2.75) is 6.92 Å². The van der Waals surface area contributed by atoms with E-state index < -0.39 is 0 Å². The molecule has 0 N–H and O–H groups in total. The summed E-state index contributed by atoms with van der Waals surface area (Å²) in [5, 5.41) is 9.56. The zero-order valence-corrected chi connectivity index (χ0v) is 13.3. The lowest BCUT2D eigenvalue weighted by Crippen LogP contribution is -1.89. The molecule has 0 unspecified atom stereocenters. The van der Waals surface area contributed by atoms with Crippen LogP contribution in [0.15, 0.2) is 72.9 Å². The molecule has 2 aromatic carbocycles. The van der Waals surface area contributed by atoms with Crippen LogP contribution in [0, 0.1) is 18.3 Å². The fraction of sp³-hybridized carbons (Fsp3) is 0.0476. The van der Waals surface area contributed by atoms with E-state index in [1.54, 1.807) is 0 Å². The van der Waals surface area contributed by atoms with Crippen LogP contribution in [-0.4, -0.2) is 9.38 Å². The molecule has 4 rings (SSSR count). The molecule has 0 saturated heterocycles. The van der Waals surface area contributed by atoms with Crippen molar-refractivity contribution in [1.82, 2.24) is 9.38 Å². The van der Waals surface area contributed by atoms with Crippen LogP contribution in [0.1, 0.15) is 11.3 Å². The molecular formula is C21H15N3. The van der Waals surface area contributed by atoms with Gasteiger partial charge in [-0.1, -0.05) is 54.6 Å². The van der Waals surface area contributed by atoms with Crippen LogP contribution in [-0.2, 0) is 0 Å². The summed E-state index contributed by atoms with van der Waals surface area (Å²) >= 11 is 0. The second-order valence-electron chi connectivity index (χ2n) is 5.80. The first-order valence-electron chi connectivity index (χ1n) is 7.81. The van der Waals surface area contributed by atoms with Gasteiger partial charge < -0.3 is 0 Å². The van der Waals surface area contributed by atoms with E-state index in [1.165, 1.54) is 5.56 Å². The van der Waals surface area contributed by atoms with Gasteiger partial charge in [0.05, 0.1) is 0 Å². The van der Waals surface area contributed by atoms with Gasteiger partial charge in [0.15, 0.2) is 5.69 Å². The SMILES string of the molecule is Cc1ccn2c(C#N)c(-c3ccc(-c4ccccc4)cc3)nc2c1. The summed E-state index contributed by atoms with van der Waals surface area (Å²) in [6.45, 7) is 2.02. The van der Waals surface area contributed by atoms with Crippen LogP contribution in [0.4, 0.5) is 0 Å². The van der Waals surface area contributed by atoms with Crippen molar-refractivity contribution >= 4 is 5.65 Å². The summed E-state index contributed by atoms with van der Waals surface area (Å²) in [5.74, 6) is 0. The Morgan fingerprint density at radius 1 is 0.875 bits per heavy atom. The number of pyridine rings is 1. The molecular weight excluding hydrogens is 294 g/mol. The van der Waals surface area contributed by atoms with Crippen molar-refractivity contribution in [2.75, 3.05) is 0 Å². The van der Waals surface area contributed by atoms with Crippen molar-refractivity contribution in [3.63, 3.8) is 0 Å². The Bertz CT molecular complexity index is 1050. The largest absolute Gasteiger partial charge is 0.291 e. The van der Waals surface area contributed by atoms with Crippen LogP contribution in [0.5, 0.6) is 0 Å². The second-order valence-corrected chi connectivity index (χ2v) is 5.80. The lowest BCUT2D eigenvalue weighted by molar-refractivity contribution is 1.14. The fourth-order valence-electron chi connectivity index (χ4n) is 2.91. The first kappa shape index (κ1) is 14.2. The third kappa shape index (κ3) is 2.35. The summed E-state index contributed by atoms with van der Waals surface area (Å²) in [6.07, 6.45) is 1.90. The molecule has 4 aromatic rings. The van der Waals surface area contributed by atoms with Crippen molar-refractivity contribution in [2.24, 2.45) is 0 Å². The molecule has 0 aliphatic carbocycles. The third-order valence-electron chi connectivity index (χ3n) is 4.15. The molecule has 0 spiro atoms. The maximum atomic E-state index is 9.56. The van der Waals surface area contributed by atoms with Crippen molar-refractivity contribution in [1.29, 1.82) is 5.26 Å². The van der Waals surface area contributed by atoms with Gasteiger partial charge in [-0.25, -0.2) is 4.98 Å². The minimum absolute atomic E-state index is 0.567. The number of nitriles is 1. The number of benzene rings is 2. The topological polar surface area (TPSA) is 41.1 Å². The Morgan fingerprint density at radius 3 is 2.25 bits per heavy atom. The summed E-state index contributed by atoms with van der Waals surface area (Å²) < 4.78 is 1.84. The molecule has 3 heteroatoms. The Kier molecular flexibility index (Phi) is 3.36. The van der Waals surface area contributed by atoms with Crippen LogP contribution < -0.4 is 0 Å². The third-order valence-corrected chi connectivity index (χ3v) is 4.15. The number of hydrogen-bond acceptors (Lipinski definition) is 2. The van der Waals surface area contributed by atoms with E-state index in [2.05, 4.69) is 35.3 Å². The summed E-state index contributed by atoms with van der Waals surface area (Å²) in [4.78, 5) is 4.66. The smallest absolute Gasteiger partial charge is 0.152 e. The first-order chi connectivity index (χ1) is 11.8. The molecule has 114 valence electrons. The van der Waals surface area contributed by atoms with Gasteiger partial charge in [-0.15, -0.1) is 0 Å². The summed E-state index contributed by atoms with van der Waals surface area (Å²) in [5.41, 5.74) is 6.50. The molecule has 0 saturated carbocycles. The minimum atomic E-state index is 0.567. The van der Waals surface area contributed by atoms with E-state index in [9.17, 15) is 5.26 Å². The van der Waals surface area contributed by atoms with E-state index in [1.807, 2.05) is 60.0 Å². The Morgan fingerprint density at radius 2 is 1.54 bits per heavy atom. The summed E-state index contributed by atoms with van der Waals surface area (Å²) in [7, 11) is 0. The zero-order valence-electron chi connectivity index (χ0n) is 13.3. The van der Waals surface area contributed by atoms with Gasteiger partial charge in [0.1, 0.15) is 17.4 Å². The number of nitrogens with zero attached hydrogens (tertiary/aromatic N) is 3. The normalized spacial score (nSPS) is 10.7. The van der Waals surface area contributed by atoms with Crippen molar-refractivity contribution in [3.05, 3.63) is 84.2 Å². The molecule has 0 atom stereocenters. The average Bonchev–Trinajstić information content (AvgIpc) is 3.00. The van der Waals surface area contributed by atoms with Crippen LogP contribution in [0.3, 0.4) is 0 Å². The highest BCUT2D eigenvalue weighted by atomic mass is 15.0. The van der Waals surface area contributed by atoms with Crippen molar-refractivity contribution in [3.8, 4) is 28.5 Å². The Hall–Kier alpha value is -3.38. The van der Waals surface area contributed by atoms with E-state index in [0.29, 0.717) is 5.69 Å². The Balaban J connectivity index is 1.82. The maximum Gasteiger partial charge on any atom is 0.152 e. The van der Waals surface area contributed by atoms with Gasteiger partial charge in [0.25, 0.3) is 0 Å². The molecule has 3 nitrogen and oxygen atoms in total. The second kappa shape index (κ2) is 5.68. The van der Waals surface area contributed by atoms with E-state index >= 15 is 0 Å². The lowest BCUT2D eigenvalue weighted by Gasteiger charge is -2.03. The predicted octanol–water partition coefficient (Wildman–Crippen LogP) is 4.85. The van der Waals surface area contributed by atoms with Gasteiger partial charge >= 0.3 is 0 Å². The van der Waals surface area contributed by atoms with Gasteiger partial charge in [-0.2, -0.15) is 5.26 Å². The quantitative estimate of drug-likeness (QED) is 0.531. The number of aromatic nitrogens is 2. The summed E-state index contributed by atoms with van der Waals surface area (Å²) in [6, 6.07) is 24.7. The van der Waals surface area contributed by atoms with Gasteiger partial charge in [0.2, 0.25) is 0 Å². The predicted molar refractivity (Wildman–Crippen MR) is 95.5 cm³/mol. The number of hydrogen-bond donors (Lipinski definition) is 0. The standard InChI is InChI=1S/C21H15N3/c1-15-11-12-24-19(14-22)21(23-20(24)13-15)18-9-7-17(8-10-18)16-5-3-2-4-6-16/h2-13H,1H3. The molecule has 24 heavy (non-hydrogen) atoms.